The van der Waals surface area contributed by atoms with Gasteiger partial charge in [0.1, 0.15) is 12.4 Å². The Bertz CT molecular complexity index is 1200. The van der Waals surface area contributed by atoms with Crippen LogP contribution in [0.25, 0.3) is 11.6 Å². The smallest absolute Gasteiger partial charge is 0.120 e. The summed E-state index contributed by atoms with van der Waals surface area (Å²) in [6.07, 6.45) is 3.62. The minimum Gasteiger partial charge on any atom is -0.498 e. The van der Waals surface area contributed by atoms with E-state index in [-0.39, 0.29) is 0 Å². The van der Waals surface area contributed by atoms with E-state index in [1.54, 1.807) is 6.07 Å². The van der Waals surface area contributed by atoms with E-state index in [4.69, 9.17) is 32.7 Å². The largest absolute Gasteiger partial charge is 0.498 e. The van der Waals surface area contributed by atoms with Crippen LogP contribution in [0.5, 0.6) is 5.75 Å². The zero-order valence-electron chi connectivity index (χ0n) is 18.7. The number of ether oxygens (including phenoxy) is 2. The zero-order valence-corrected chi connectivity index (χ0v) is 20.2. The molecule has 3 aromatic rings. The van der Waals surface area contributed by atoms with Crippen molar-refractivity contribution in [3.8, 4) is 5.75 Å². The first-order valence-electron chi connectivity index (χ1n) is 10.9. The van der Waals surface area contributed by atoms with E-state index in [0.717, 1.165) is 52.2 Å². The van der Waals surface area contributed by atoms with Gasteiger partial charge in [0.05, 0.1) is 12.4 Å². The van der Waals surface area contributed by atoms with Gasteiger partial charge in [-0.3, -0.25) is 0 Å². The highest BCUT2D eigenvalue weighted by Gasteiger charge is 2.20. The van der Waals surface area contributed by atoms with Crippen LogP contribution in [0.3, 0.4) is 0 Å². The van der Waals surface area contributed by atoms with Crippen molar-refractivity contribution < 1.29 is 9.47 Å². The van der Waals surface area contributed by atoms with E-state index >= 15 is 0 Å². The Morgan fingerprint density at radius 1 is 0.970 bits per heavy atom. The molecule has 0 bridgehead atoms. The maximum atomic E-state index is 6.15. The highest BCUT2D eigenvalue weighted by Crippen LogP contribution is 2.38. The van der Waals surface area contributed by atoms with Crippen LogP contribution in [-0.4, -0.2) is 6.61 Å². The minimum atomic E-state index is 0.510. The van der Waals surface area contributed by atoms with Gasteiger partial charge < -0.3 is 9.47 Å². The average Bonchev–Trinajstić information content (AvgIpc) is 3.07. The number of benzene rings is 3. The van der Waals surface area contributed by atoms with E-state index in [2.05, 4.69) is 55.6 Å². The SMILES string of the molecule is C=C(Cc1ccc(COc2ccc3c(c2)C/C(=C\c2cc(Cl)cc(Cl)c2)C3=C)cc1)OCC. The van der Waals surface area contributed by atoms with Crippen LogP contribution in [0.4, 0.5) is 0 Å². The number of hydrogen-bond acceptors (Lipinski definition) is 2. The van der Waals surface area contributed by atoms with Gasteiger partial charge in [-0.25, -0.2) is 0 Å². The predicted molar refractivity (Wildman–Crippen MR) is 139 cm³/mol. The van der Waals surface area contributed by atoms with Gasteiger partial charge in [-0.2, -0.15) is 0 Å². The lowest BCUT2D eigenvalue weighted by atomic mass is 10.0. The summed E-state index contributed by atoms with van der Waals surface area (Å²) >= 11 is 12.3. The molecule has 0 radical (unpaired) electrons. The quantitative estimate of drug-likeness (QED) is 0.304. The fraction of sp³-hybridized carbons (Fsp3) is 0.172. The van der Waals surface area contributed by atoms with Gasteiger partial charge in [-0.1, -0.05) is 72.8 Å². The Morgan fingerprint density at radius 2 is 1.67 bits per heavy atom. The summed E-state index contributed by atoms with van der Waals surface area (Å²) in [6.45, 7) is 11.3. The Morgan fingerprint density at radius 3 is 2.36 bits per heavy atom. The van der Waals surface area contributed by atoms with E-state index in [0.29, 0.717) is 23.3 Å². The second-order valence-electron chi connectivity index (χ2n) is 8.10. The number of halogens is 2. The van der Waals surface area contributed by atoms with Crippen molar-refractivity contribution in [2.75, 3.05) is 6.61 Å². The first-order chi connectivity index (χ1) is 15.9. The second-order valence-corrected chi connectivity index (χ2v) is 8.97. The van der Waals surface area contributed by atoms with Crippen molar-refractivity contribution in [2.24, 2.45) is 0 Å². The molecule has 3 aromatic carbocycles. The Labute approximate surface area is 205 Å². The van der Waals surface area contributed by atoms with Crippen LogP contribution in [-0.2, 0) is 24.2 Å². The summed E-state index contributed by atoms with van der Waals surface area (Å²) in [5, 5.41) is 1.25. The van der Waals surface area contributed by atoms with E-state index in [1.807, 2.05) is 25.1 Å². The number of rotatable bonds is 8. The number of allylic oxidation sites excluding steroid dienone is 3. The van der Waals surface area contributed by atoms with Crippen molar-refractivity contribution in [1.82, 2.24) is 0 Å². The predicted octanol–water partition coefficient (Wildman–Crippen LogP) is 8.32. The topological polar surface area (TPSA) is 18.5 Å². The highest BCUT2D eigenvalue weighted by molar-refractivity contribution is 6.34. The third-order valence-electron chi connectivity index (χ3n) is 5.57. The summed E-state index contributed by atoms with van der Waals surface area (Å²) in [5.74, 6) is 1.63. The fourth-order valence-corrected chi connectivity index (χ4v) is 4.53. The molecule has 0 amide bonds. The highest BCUT2D eigenvalue weighted by atomic mass is 35.5. The summed E-state index contributed by atoms with van der Waals surface area (Å²) in [5.41, 5.74) is 7.81. The van der Waals surface area contributed by atoms with Crippen LogP contribution >= 0.6 is 23.2 Å². The van der Waals surface area contributed by atoms with E-state index in [1.165, 1.54) is 11.1 Å². The fourth-order valence-electron chi connectivity index (χ4n) is 3.99. The zero-order chi connectivity index (χ0) is 23.4. The molecule has 0 saturated carbocycles. The summed E-state index contributed by atoms with van der Waals surface area (Å²) in [4.78, 5) is 0. The molecule has 1 aliphatic carbocycles. The lowest BCUT2D eigenvalue weighted by Crippen LogP contribution is -1.98. The van der Waals surface area contributed by atoms with Crippen molar-refractivity contribution in [3.05, 3.63) is 123 Å². The lowest BCUT2D eigenvalue weighted by Gasteiger charge is -2.10. The van der Waals surface area contributed by atoms with Crippen LogP contribution in [0.2, 0.25) is 10.0 Å². The van der Waals surface area contributed by atoms with Crippen molar-refractivity contribution in [3.63, 3.8) is 0 Å². The van der Waals surface area contributed by atoms with Gasteiger partial charge in [-0.05, 0) is 82.6 Å². The molecule has 0 unspecified atom stereocenters. The molecule has 4 heteroatoms. The lowest BCUT2D eigenvalue weighted by molar-refractivity contribution is 0.225. The molecule has 0 spiro atoms. The maximum Gasteiger partial charge on any atom is 0.120 e. The molecule has 1 aliphatic rings. The molecular formula is C29H26Cl2O2. The standard InChI is InChI=1S/C29H26Cl2O2/c1-4-32-19(2)11-21-5-7-22(8-6-21)18-33-28-9-10-29-20(3)24(15-25(29)16-28)12-23-13-26(30)17-27(31)14-23/h5-10,12-14,16-17H,2-4,11,15,18H2,1H3/b24-12+. The molecule has 2 nitrogen and oxygen atoms in total. The van der Waals surface area contributed by atoms with Gasteiger partial charge >= 0.3 is 0 Å². The molecule has 0 atom stereocenters. The molecule has 168 valence electrons. The number of hydrogen-bond donors (Lipinski definition) is 0. The van der Waals surface area contributed by atoms with E-state index in [9.17, 15) is 0 Å². The molecular weight excluding hydrogens is 451 g/mol. The third kappa shape index (κ3) is 5.90. The molecule has 0 aliphatic heterocycles. The summed E-state index contributed by atoms with van der Waals surface area (Å²) < 4.78 is 11.5. The normalized spacial score (nSPS) is 13.8. The molecule has 0 N–H and O–H groups in total. The van der Waals surface area contributed by atoms with Crippen molar-refractivity contribution in [2.45, 2.75) is 26.4 Å². The van der Waals surface area contributed by atoms with Crippen LogP contribution in [0.1, 0.15) is 34.7 Å². The van der Waals surface area contributed by atoms with Gasteiger partial charge in [0.25, 0.3) is 0 Å². The molecule has 0 aromatic heterocycles. The van der Waals surface area contributed by atoms with Gasteiger partial charge in [-0.15, -0.1) is 0 Å². The first-order valence-corrected chi connectivity index (χ1v) is 11.7. The van der Waals surface area contributed by atoms with Crippen LogP contribution in [0.15, 0.2) is 85.2 Å². The molecule has 0 heterocycles. The van der Waals surface area contributed by atoms with Gasteiger partial charge in [0.15, 0.2) is 0 Å². The number of fused-ring (bicyclic) bond motifs is 1. The molecule has 0 saturated heterocycles. The Kier molecular flexibility index (Phi) is 7.27. The summed E-state index contributed by atoms with van der Waals surface area (Å²) in [7, 11) is 0. The Hall–Kier alpha value is -2.94. The molecule has 0 fully saturated rings. The molecule has 4 rings (SSSR count). The minimum absolute atomic E-state index is 0.510. The summed E-state index contributed by atoms with van der Waals surface area (Å²) in [6, 6.07) is 20.1. The van der Waals surface area contributed by atoms with Crippen molar-refractivity contribution >= 4 is 34.9 Å². The maximum absolute atomic E-state index is 6.15. The average molecular weight is 477 g/mol. The Balaban J connectivity index is 1.41. The first kappa shape index (κ1) is 23.2. The van der Waals surface area contributed by atoms with Gasteiger partial charge in [0.2, 0.25) is 0 Å². The van der Waals surface area contributed by atoms with Crippen LogP contribution in [0, 0.1) is 0 Å². The van der Waals surface area contributed by atoms with Crippen molar-refractivity contribution in [1.29, 1.82) is 0 Å². The monoisotopic (exact) mass is 476 g/mol. The second kappa shape index (κ2) is 10.3. The van der Waals surface area contributed by atoms with Crippen LogP contribution < -0.4 is 4.74 Å². The van der Waals surface area contributed by atoms with E-state index < -0.39 is 0 Å². The van der Waals surface area contributed by atoms with Gasteiger partial charge in [0, 0.05) is 16.5 Å². The molecule has 33 heavy (non-hydrogen) atoms. The third-order valence-corrected chi connectivity index (χ3v) is 6.01.